The van der Waals surface area contributed by atoms with Crippen LogP contribution >= 0.6 is 11.6 Å². The topological polar surface area (TPSA) is 98.0 Å². The third-order valence-electron chi connectivity index (χ3n) is 4.85. The molecule has 0 spiro atoms. The van der Waals surface area contributed by atoms with Crippen LogP contribution in [0.5, 0.6) is 17.2 Å². The van der Waals surface area contributed by atoms with E-state index in [9.17, 15) is 19.8 Å². The molecule has 0 bridgehead atoms. The van der Waals surface area contributed by atoms with Crippen LogP contribution < -0.4 is 9.47 Å². The molecule has 0 radical (unpaired) electrons. The van der Waals surface area contributed by atoms with E-state index in [1.165, 1.54) is 10.6 Å². The summed E-state index contributed by atoms with van der Waals surface area (Å²) in [5, 5.41) is 20.5. The maximum atomic E-state index is 12.2. The number of hydrogen-bond acceptors (Lipinski definition) is 4. The molecule has 3 aromatic carbocycles. The molecule has 7 nitrogen and oxygen atoms in total. The van der Waals surface area contributed by atoms with Gasteiger partial charge in [0.15, 0.2) is 0 Å². The van der Waals surface area contributed by atoms with Gasteiger partial charge in [0.05, 0.1) is 11.6 Å². The van der Waals surface area contributed by atoms with Crippen LogP contribution in [0.1, 0.15) is 34.7 Å². The number of aromatic nitrogens is 1. The first-order valence-corrected chi connectivity index (χ1v) is 10.5. The van der Waals surface area contributed by atoms with E-state index in [0.29, 0.717) is 33.5 Å². The summed E-state index contributed by atoms with van der Waals surface area (Å²) < 4.78 is 12.9. The van der Waals surface area contributed by atoms with Crippen LogP contribution in [-0.4, -0.2) is 32.8 Å². The number of nitrogens with zero attached hydrogens (tertiary/aromatic N) is 1. The van der Waals surface area contributed by atoms with Gasteiger partial charge < -0.3 is 24.3 Å². The molecule has 33 heavy (non-hydrogen) atoms. The van der Waals surface area contributed by atoms with E-state index < -0.39 is 11.9 Å². The molecule has 0 saturated heterocycles. The van der Waals surface area contributed by atoms with Crippen molar-refractivity contribution in [2.75, 3.05) is 0 Å². The standard InChI is InChI=1S/C25H20ClNO6/c1-14(2)32-17-8-6-16(7-9-17)27-21-11-10-19(33-18-5-3-4-15(26)12-18)13-20(21)22(24(28)29)23(27)25(30)31/h3-14H,1-2H3,(H,28,29)(H,30,31). The maximum Gasteiger partial charge on any atom is 0.353 e. The van der Waals surface area contributed by atoms with Crippen LogP contribution in [0.25, 0.3) is 16.6 Å². The zero-order valence-electron chi connectivity index (χ0n) is 17.8. The van der Waals surface area contributed by atoms with Gasteiger partial charge in [-0.1, -0.05) is 17.7 Å². The summed E-state index contributed by atoms with van der Waals surface area (Å²) in [6.07, 6.45) is -0.0191. The number of halogens is 1. The molecule has 1 heterocycles. The minimum atomic E-state index is -1.36. The highest BCUT2D eigenvalue weighted by Crippen LogP contribution is 2.35. The Morgan fingerprint density at radius 2 is 1.55 bits per heavy atom. The fraction of sp³-hybridized carbons (Fsp3) is 0.120. The fourth-order valence-electron chi connectivity index (χ4n) is 3.63. The van der Waals surface area contributed by atoms with Crippen molar-refractivity contribution in [3.63, 3.8) is 0 Å². The maximum absolute atomic E-state index is 12.2. The summed E-state index contributed by atoms with van der Waals surface area (Å²) in [6.45, 7) is 3.80. The number of carboxylic acids is 2. The molecule has 0 aliphatic rings. The van der Waals surface area contributed by atoms with Crippen LogP contribution in [0.2, 0.25) is 5.02 Å². The van der Waals surface area contributed by atoms with Crippen molar-refractivity contribution >= 4 is 34.4 Å². The van der Waals surface area contributed by atoms with Gasteiger partial charge in [-0.05, 0) is 74.5 Å². The second kappa shape index (κ2) is 8.88. The van der Waals surface area contributed by atoms with Crippen molar-refractivity contribution in [3.05, 3.63) is 83.0 Å². The zero-order chi connectivity index (χ0) is 23.7. The van der Waals surface area contributed by atoms with Crippen LogP contribution in [0.15, 0.2) is 66.7 Å². The van der Waals surface area contributed by atoms with Gasteiger partial charge in [-0.25, -0.2) is 9.59 Å². The smallest absolute Gasteiger partial charge is 0.353 e. The Kier molecular flexibility index (Phi) is 5.98. The van der Waals surface area contributed by atoms with Crippen molar-refractivity contribution < 1.29 is 29.3 Å². The second-order valence-corrected chi connectivity index (χ2v) is 8.00. The lowest BCUT2D eigenvalue weighted by Crippen LogP contribution is -2.12. The van der Waals surface area contributed by atoms with Crippen molar-refractivity contribution in [1.29, 1.82) is 0 Å². The monoisotopic (exact) mass is 465 g/mol. The van der Waals surface area contributed by atoms with Gasteiger partial charge >= 0.3 is 11.9 Å². The molecule has 2 N–H and O–H groups in total. The molecule has 0 unspecified atom stereocenters. The molecule has 1 aromatic heterocycles. The van der Waals surface area contributed by atoms with E-state index in [4.69, 9.17) is 21.1 Å². The molecule has 0 amide bonds. The van der Waals surface area contributed by atoms with Gasteiger partial charge in [-0.2, -0.15) is 0 Å². The Hall–Kier alpha value is -3.97. The highest BCUT2D eigenvalue weighted by atomic mass is 35.5. The van der Waals surface area contributed by atoms with Gasteiger partial charge in [0.1, 0.15) is 28.5 Å². The highest BCUT2D eigenvalue weighted by molar-refractivity contribution is 6.30. The van der Waals surface area contributed by atoms with E-state index >= 15 is 0 Å². The molecule has 4 aromatic rings. The summed E-state index contributed by atoms with van der Waals surface area (Å²) in [5.74, 6) is -1.27. The first-order chi connectivity index (χ1) is 15.7. The Morgan fingerprint density at radius 1 is 0.879 bits per heavy atom. The van der Waals surface area contributed by atoms with E-state index in [0.717, 1.165) is 0 Å². The van der Waals surface area contributed by atoms with Gasteiger partial charge in [-0.15, -0.1) is 0 Å². The molecule has 4 rings (SSSR count). The lowest BCUT2D eigenvalue weighted by atomic mass is 10.1. The van der Waals surface area contributed by atoms with E-state index in [2.05, 4.69) is 0 Å². The minimum Gasteiger partial charge on any atom is -0.491 e. The van der Waals surface area contributed by atoms with Crippen molar-refractivity contribution in [1.82, 2.24) is 4.57 Å². The van der Waals surface area contributed by atoms with Crippen LogP contribution in [0.3, 0.4) is 0 Å². The number of aromatic carboxylic acids is 2. The number of hydrogen-bond donors (Lipinski definition) is 2. The van der Waals surface area contributed by atoms with Gasteiger partial charge in [-0.3, -0.25) is 0 Å². The summed E-state index contributed by atoms with van der Waals surface area (Å²) in [7, 11) is 0. The Bertz CT molecular complexity index is 1360. The Balaban J connectivity index is 1.88. The Labute approximate surface area is 194 Å². The molecular weight excluding hydrogens is 446 g/mol. The number of rotatable bonds is 7. The first kappa shape index (κ1) is 22.2. The highest BCUT2D eigenvalue weighted by Gasteiger charge is 2.28. The lowest BCUT2D eigenvalue weighted by molar-refractivity contribution is 0.0647. The fourth-order valence-corrected chi connectivity index (χ4v) is 3.81. The summed E-state index contributed by atoms with van der Waals surface area (Å²) in [4.78, 5) is 24.3. The van der Waals surface area contributed by atoms with Crippen molar-refractivity contribution in [2.45, 2.75) is 20.0 Å². The predicted octanol–water partition coefficient (Wildman–Crippen LogP) is 6.26. The van der Waals surface area contributed by atoms with Crippen LogP contribution in [0.4, 0.5) is 0 Å². The van der Waals surface area contributed by atoms with E-state index in [1.54, 1.807) is 60.7 Å². The SMILES string of the molecule is CC(C)Oc1ccc(-n2c(C(=O)O)c(C(=O)O)c3cc(Oc4cccc(Cl)c4)ccc32)cc1. The third kappa shape index (κ3) is 4.49. The average molecular weight is 466 g/mol. The van der Waals surface area contributed by atoms with Gasteiger partial charge in [0, 0.05) is 16.1 Å². The largest absolute Gasteiger partial charge is 0.491 e. The number of carboxylic acid groups (broad SMARTS) is 2. The van der Waals surface area contributed by atoms with Crippen LogP contribution in [0, 0.1) is 0 Å². The quantitative estimate of drug-likeness (QED) is 0.334. The summed E-state index contributed by atoms with van der Waals surface area (Å²) in [6, 6.07) is 18.4. The van der Waals surface area contributed by atoms with Crippen molar-refractivity contribution in [2.24, 2.45) is 0 Å². The van der Waals surface area contributed by atoms with Gasteiger partial charge in [0.25, 0.3) is 0 Å². The number of fused-ring (bicyclic) bond motifs is 1. The summed E-state index contributed by atoms with van der Waals surface area (Å²) >= 11 is 6.00. The summed E-state index contributed by atoms with van der Waals surface area (Å²) in [5.41, 5.74) is 0.233. The lowest BCUT2D eigenvalue weighted by Gasteiger charge is -2.12. The molecule has 0 aliphatic heterocycles. The molecule has 8 heteroatoms. The predicted molar refractivity (Wildman–Crippen MR) is 124 cm³/mol. The molecule has 0 fully saturated rings. The normalized spacial score (nSPS) is 11.0. The number of carbonyl (C=O) groups is 2. The second-order valence-electron chi connectivity index (χ2n) is 7.57. The minimum absolute atomic E-state index is 0.0191. The molecule has 0 saturated carbocycles. The first-order valence-electron chi connectivity index (χ1n) is 10.1. The van der Waals surface area contributed by atoms with Gasteiger partial charge in [0.2, 0.25) is 0 Å². The van der Waals surface area contributed by atoms with E-state index in [1.807, 2.05) is 13.8 Å². The molecule has 0 aliphatic carbocycles. The third-order valence-corrected chi connectivity index (χ3v) is 5.09. The number of benzene rings is 3. The zero-order valence-corrected chi connectivity index (χ0v) is 18.5. The molecule has 168 valence electrons. The van der Waals surface area contributed by atoms with Crippen LogP contribution in [-0.2, 0) is 0 Å². The Morgan fingerprint density at radius 3 is 2.15 bits per heavy atom. The van der Waals surface area contributed by atoms with E-state index in [-0.39, 0.29) is 22.7 Å². The molecule has 0 atom stereocenters. The molecular formula is C25H20ClNO6. The number of ether oxygens (including phenoxy) is 2. The van der Waals surface area contributed by atoms with Crippen molar-refractivity contribution in [3.8, 4) is 22.9 Å². The average Bonchev–Trinajstić information content (AvgIpc) is 3.09.